The van der Waals surface area contributed by atoms with Crippen molar-refractivity contribution in [3.63, 3.8) is 0 Å². The van der Waals surface area contributed by atoms with E-state index in [0.717, 1.165) is 17.5 Å². The van der Waals surface area contributed by atoms with Crippen molar-refractivity contribution in [3.05, 3.63) is 0 Å². The lowest BCUT2D eigenvalue weighted by molar-refractivity contribution is -0.137. The summed E-state index contributed by atoms with van der Waals surface area (Å²) >= 11 is 1.69. The maximum absolute atomic E-state index is 10.3. The van der Waals surface area contributed by atoms with Gasteiger partial charge in [0, 0.05) is 25.9 Å². The summed E-state index contributed by atoms with van der Waals surface area (Å²) in [6.45, 7) is 1.50. The first-order valence-electron chi connectivity index (χ1n) is 3.80. The molecule has 0 bridgehead atoms. The number of thioether (sulfide) groups is 1. The van der Waals surface area contributed by atoms with Crippen molar-refractivity contribution in [2.24, 2.45) is 4.99 Å². The molecule has 1 aliphatic heterocycles. The molecule has 1 rings (SSSR count). The van der Waals surface area contributed by atoms with Gasteiger partial charge in [-0.25, -0.2) is 0 Å². The fourth-order valence-corrected chi connectivity index (χ4v) is 2.07. The molecule has 0 spiro atoms. The average molecular weight is 188 g/mol. The molecule has 0 aromatic carbocycles. The van der Waals surface area contributed by atoms with Crippen LogP contribution < -0.4 is 0 Å². The molecule has 1 saturated heterocycles. The molecular weight excluding hydrogens is 176 g/mol. The number of carboxylic acids is 1. The van der Waals surface area contributed by atoms with Crippen LogP contribution in [-0.4, -0.2) is 47.0 Å². The fraction of sp³-hybridized carbons (Fsp3) is 0.714. The van der Waals surface area contributed by atoms with E-state index in [1.54, 1.807) is 18.8 Å². The number of carboxylic acid groups (broad SMARTS) is 1. The minimum atomic E-state index is -0.748. The zero-order valence-corrected chi connectivity index (χ0v) is 7.80. The van der Waals surface area contributed by atoms with Crippen molar-refractivity contribution >= 4 is 22.9 Å². The van der Waals surface area contributed by atoms with Crippen molar-refractivity contribution in [3.8, 4) is 0 Å². The number of hydrogen-bond acceptors (Lipinski definition) is 3. The van der Waals surface area contributed by atoms with E-state index in [4.69, 9.17) is 5.11 Å². The van der Waals surface area contributed by atoms with E-state index in [-0.39, 0.29) is 6.42 Å². The molecule has 12 heavy (non-hydrogen) atoms. The first-order chi connectivity index (χ1) is 5.74. The van der Waals surface area contributed by atoms with Gasteiger partial charge in [-0.2, -0.15) is 0 Å². The molecule has 5 heteroatoms. The van der Waals surface area contributed by atoms with Gasteiger partial charge >= 0.3 is 5.97 Å². The maximum Gasteiger partial charge on any atom is 0.305 e. The third kappa shape index (κ3) is 2.41. The van der Waals surface area contributed by atoms with Gasteiger partial charge in [0.2, 0.25) is 0 Å². The van der Waals surface area contributed by atoms with Crippen LogP contribution in [0.5, 0.6) is 0 Å². The van der Waals surface area contributed by atoms with E-state index in [0.29, 0.717) is 6.54 Å². The van der Waals surface area contributed by atoms with Crippen LogP contribution in [0.2, 0.25) is 0 Å². The van der Waals surface area contributed by atoms with E-state index in [1.165, 1.54) is 0 Å². The number of nitrogens with zero attached hydrogens (tertiary/aromatic N) is 2. The summed E-state index contributed by atoms with van der Waals surface area (Å²) < 4.78 is 0. The molecule has 1 fully saturated rings. The second kappa shape index (κ2) is 4.35. The Morgan fingerprint density at radius 2 is 2.58 bits per heavy atom. The number of carbonyl (C=O) groups is 1. The number of aliphatic imine (C=N–C) groups is 1. The number of aliphatic carboxylic acids is 1. The first kappa shape index (κ1) is 9.38. The lowest BCUT2D eigenvalue weighted by Crippen LogP contribution is -2.27. The molecule has 0 unspecified atom stereocenters. The second-order valence-electron chi connectivity index (χ2n) is 2.49. The number of rotatable bonds is 3. The smallest absolute Gasteiger partial charge is 0.305 e. The van der Waals surface area contributed by atoms with Gasteiger partial charge in [-0.05, 0) is 0 Å². The van der Waals surface area contributed by atoms with Gasteiger partial charge in [-0.1, -0.05) is 11.8 Å². The van der Waals surface area contributed by atoms with E-state index >= 15 is 0 Å². The summed E-state index contributed by atoms with van der Waals surface area (Å²) in [4.78, 5) is 16.3. The van der Waals surface area contributed by atoms with Crippen molar-refractivity contribution in [2.75, 3.05) is 25.9 Å². The van der Waals surface area contributed by atoms with Crippen LogP contribution in [0.25, 0.3) is 0 Å². The Morgan fingerprint density at radius 3 is 3.17 bits per heavy atom. The van der Waals surface area contributed by atoms with Crippen LogP contribution in [-0.2, 0) is 4.79 Å². The lowest BCUT2D eigenvalue weighted by Gasteiger charge is -2.15. The summed E-state index contributed by atoms with van der Waals surface area (Å²) in [7, 11) is 1.74. The van der Waals surface area contributed by atoms with E-state index in [2.05, 4.69) is 4.99 Å². The van der Waals surface area contributed by atoms with Crippen LogP contribution in [0.3, 0.4) is 0 Å². The summed E-state index contributed by atoms with van der Waals surface area (Å²) in [5.41, 5.74) is 0. The Labute approximate surface area is 75.7 Å². The minimum Gasteiger partial charge on any atom is -0.481 e. The Morgan fingerprint density at radius 1 is 1.83 bits per heavy atom. The highest BCUT2D eigenvalue weighted by atomic mass is 32.2. The van der Waals surface area contributed by atoms with Gasteiger partial charge in [0.15, 0.2) is 5.17 Å². The van der Waals surface area contributed by atoms with Crippen LogP contribution in [0.15, 0.2) is 4.99 Å². The van der Waals surface area contributed by atoms with Gasteiger partial charge in [0.05, 0.1) is 6.42 Å². The topological polar surface area (TPSA) is 52.9 Å². The van der Waals surface area contributed by atoms with Gasteiger partial charge < -0.3 is 10.0 Å². The Bertz CT molecular complexity index is 206. The van der Waals surface area contributed by atoms with Gasteiger partial charge in [-0.15, -0.1) is 0 Å². The molecule has 0 aromatic rings. The largest absolute Gasteiger partial charge is 0.481 e. The second-order valence-corrected chi connectivity index (χ2v) is 3.55. The Balaban J connectivity index is 2.36. The fourth-order valence-electron chi connectivity index (χ4n) is 1.08. The lowest BCUT2D eigenvalue weighted by atomic mass is 10.4. The highest BCUT2D eigenvalue weighted by Crippen LogP contribution is 2.17. The molecule has 1 N–H and O–H groups in total. The third-order valence-corrected chi connectivity index (χ3v) is 2.74. The predicted molar refractivity (Wildman–Crippen MR) is 49.6 cm³/mol. The summed E-state index contributed by atoms with van der Waals surface area (Å²) in [5.74, 6) is 0.272. The van der Waals surface area contributed by atoms with Gasteiger partial charge in [0.25, 0.3) is 0 Å². The molecule has 1 aliphatic rings. The molecule has 1 heterocycles. The van der Waals surface area contributed by atoms with E-state index in [1.807, 2.05) is 4.90 Å². The minimum absolute atomic E-state index is 0.194. The quantitative estimate of drug-likeness (QED) is 0.700. The van der Waals surface area contributed by atoms with Crippen molar-refractivity contribution < 1.29 is 9.90 Å². The first-order valence-corrected chi connectivity index (χ1v) is 4.79. The Hall–Kier alpha value is -0.710. The highest BCUT2D eigenvalue weighted by Gasteiger charge is 2.18. The zero-order chi connectivity index (χ0) is 8.97. The van der Waals surface area contributed by atoms with Crippen molar-refractivity contribution in [2.45, 2.75) is 6.42 Å². The molecule has 0 amide bonds. The molecule has 0 saturated carbocycles. The SMILES string of the molecule is CN=C1SCCN1CCC(=O)O. The monoisotopic (exact) mass is 188 g/mol. The van der Waals surface area contributed by atoms with Crippen LogP contribution in [0, 0.1) is 0 Å². The normalized spacial score (nSPS) is 20.4. The molecular formula is C7H12N2O2S. The molecule has 0 aliphatic carbocycles. The zero-order valence-electron chi connectivity index (χ0n) is 6.99. The molecule has 0 aromatic heterocycles. The van der Waals surface area contributed by atoms with Crippen LogP contribution in [0.1, 0.15) is 6.42 Å². The highest BCUT2D eigenvalue weighted by molar-refractivity contribution is 8.14. The maximum atomic E-state index is 10.3. The average Bonchev–Trinajstić information content (AvgIpc) is 2.47. The van der Waals surface area contributed by atoms with Gasteiger partial charge in [-0.3, -0.25) is 9.79 Å². The Kier molecular flexibility index (Phi) is 3.40. The molecule has 0 atom stereocenters. The summed E-state index contributed by atoms with van der Waals surface area (Å²) in [6, 6.07) is 0. The summed E-state index contributed by atoms with van der Waals surface area (Å²) in [5, 5.41) is 9.43. The van der Waals surface area contributed by atoms with E-state index < -0.39 is 5.97 Å². The van der Waals surface area contributed by atoms with Crippen molar-refractivity contribution in [1.29, 1.82) is 0 Å². The molecule has 68 valence electrons. The van der Waals surface area contributed by atoms with Gasteiger partial charge in [0.1, 0.15) is 0 Å². The summed E-state index contributed by atoms with van der Waals surface area (Å²) in [6.07, 6.45) is 0.194. The van der Waals surface area contributed by atoms with Crippen molar-refractivity contribution in [1.82, 2.24) is 4.90 Å². The van der Waals surface area contributed by atoms with E-state index in [9.17, 15) is 4.79 Å². The molecule has 0 radical (unpaired) electrons. The third-order valence-electron chi connectivity index (χ3n) is 1.65. The number of amidine groups is 1. The molecule has 4 nitrogen and oxygen atoms in total. The number of hydrogen-bond donors (Lipinski definition) is 1. The van der Waals surface area contributed by atoms with Crippen LogP contribution in [0.4, 0.5) is 0 Å². The van der Waals surface area contributed by atoms with Crippen LogP contribution >= 0.6 is 11.8 Å². The predicted octanol–water partition coefficient (Wildman–Crippen LogP) is 0.496. The standard InChI is InChI=1S/C7H12N2O2S/c1-8-7-9(4-5-12-7)3-2-6(10)11/h2-5H2,1H3,(H,10,11).